The van der Waals surface area contributed by atoms with Crippen LogP contribution in [0, 0.1) is 0 Å². The molecule has 2 aliphatic rings. The summed E-state index contributed by atoms with van der Waals surface area (Å²) in [5.41, 5.74) is 2.91. The van der Waals surface area contributed by atoms with E-state index in [0.717, 1.165) is 0 Å². The molecule has 0 spiro atoms. The maximum atomic E-state index is 2.53. The first-order valence-corrected chi connectivity index (χ1v) is 14.7. The average Bonchev–Trinajstić information content (AvgIpc) is 2.76. The SMILES string of the molecule is CC1=CC[C]([Zr+2]([C]2=CC(C)=CC2)=[Si](C)C)=C1.[Cl-].[Cl-]. The van der Waals surface area contributed by atoms with E-state index in [-0.39, 0.29) is 30.2 Å². The molecule has 0 fully saturated rings. The summed E-state index contributed by atoms with van der Waals surface area (Å²) >= 11 is -1.40. The van der Waals surface area contributed by atoms with Crippen LogP contribution in [-0.4, -0.2) is 5.43 Å². The van der Waals surface area contributed by atoms with Crippen molar-refractivity contribution in [2.24, 2.45) is 0 Å². The van der Waals surface area contributed by atoms with Gasteiger partial charge in [0.15, 0.2) is 0 Å². The molecule has 2 rings (SSSR count). The zero-order valence-electron chi connectivity index (χ0n) is 11.5. The van der Waals surface area contributed by atoms with Gasteiger partial charge in [0, 0.05) is 0 Å². The van der Waals surface area contributed by atoms with Gasteiger partial charge >= 0.3 is 108 Å². The molecule has 0 saturated heterocycles. The molecule has 0 unspecified atom stereocenters. The number of rotatable bonds is 2. The maximum absolute atomic E-state index is 2.53. The third-order valence-corrected chi connectivity index (χ3v) is 20.3. The Morgan fingerprint density at radius 3 is 1.50 bits per heavy atom. The van der Waals surface area contributed by atoms with Crippen molar-refractivity contribution in [3.8, 4) is 0 Å². The Kier molecular flexibility index (Phi) is 8.33. The zero-order chi connectivity index (χ0) is 11.7. The second kappa shape index (κ2) is 8.04. The van der Waals surface area contributed by atoms with Crippen molar-refractivity contribution in [1.29, 1.82) is 0 Å². The fraction of sp³-hybridized carbons (Fsp3) is 0.429. The zero-order valence-corrected chi connectivity index (χ0v) is 16.4. The van der Waals surface area contributed by atoms with Crippen LogP contribution >= 0.6 is 0 Å². The Labute approximate surface area is 131 Å². The Bertz CT molecular complexity index is 440. The van der Waals surface area contributed by atoms with Crippen LogP contribution in [0.4, 0.5) is 0 Å². The normalized spacial score (nSPS) is 16.4. The van der Waals surface area contributed by atoms with E-state index in [9.17, 15) is 0 Å². The van der Waals surface area contributed by atoms with Gasteiger partial charge in [0.05, 0.1) is 0 Å². The molecule has 18 heavy (non-hydrogen) atoms. The van der Waals surface area contributed by atoms with Crippen LogP contribution in [0.3, 0.4) is 0 Å². The van der Waals surface area contributed by atoms with E-state index in [0.29, 0.717) is 0 Å². The predicted molar refractivity (Wildman–Crippen MR) is 70.4 cm³/mol. The molecule has 98 valence electrons. The molecule has 0 amide bonds. The third kappa shape index (κ3) is 4.34. The van der Waals surface area contributed by atoms with Gasteiger partial charge in [0.25, 0.3) is 0 Å². The summed E-state index contributed by atoms with van der Waals surface area (Å²) in [5.74, 6) is 0. The van der Waals surface area contributed by atoms with Crippen LogP contribution in [0.15, 0.2) is 42.0 Å². The standard InChI is InChI=1S/2C6H7.C2H6Si.2ClH.Zr/c2*1-6-4-2-3-5-6;1-3-2;;;/h2*4-5H,2H2,1H3;1-2H3;2*1H;/q;;;;;+2/p-2. The molecular weight excluding hydrogens is 358 g/mol. The molecule has 0 atom stereocenters. The van der Waals surface area contributed by atoms with Gasteiger partial charge in [0.1, 0.15) is 0 Å². The van der Waals surface area contributed by atoms with Crippen molar-refractivity contribution in [2.45, 2.75) is 39.8 Å². The van der Waals surface area contributed by atoms with Gasteiger partial charge in [-0.25, -0.2) is 0 Å². The topological polar surface area (TPSA) is 0 Å². The minimum atomic E-state index is -1.40. The molecule has 0 aliphatic heterocycles. The largest absolute Gasteiger partial charge is 1.00 e. The van der Waals surface area contributed by atoms with Crippen LogP contribution in [0.25, 0.3) is 0 Å². The second-order valence-electron chi connectivity index (χ2n) is 5.02. The van der Waals surface area contributed by atoms with Gasteiger partial charge in [-0.3, -0.25) is 0 Å². The Hall–Kier alpha value is 0.640. The first kappa shape index (κ1) is 18.6. The van der Waals surface area contributed by atoms with E-state index in [1.807, 2.05) is 6.56 Å². The summed E-state index contributed by atoms with van der Waals surface area (Å²) in [4.78, 5) is 0. The van der Waals surface area contributed by atoms with Crippen molar-refractivity contribution in [3.05, 3.63) is 42.0 Å². The summed E-state index contributed by atoms with van der Waals surface area (Å²) < 4.78 is 3.71. The summed E-state index contributed by atoms with van der Waals surface area (Å²) in [6.07, 6.45) is 12.4. The molecule has 0 heterocycles. The molecule has 0 aromatic carbocycles. The average molecular weight is 379 g/mol. The Morgan fingerprint density at radius 2 is 1.28 bits per heavy atom. The summed E-state index contributed by atoms with van der Waals surface area (Å²) in [6, 6.07) is 0. The number of hydrogen-bond donors (Lipinski definition) is 0. The van der Waals surface area contributed by atoms with E-state index in [1.54, 1.807) is 0 Å². The monoisotopic (exact) mass is 376 g/mol. The molecule has 0 aromatic heterocycles. The first-order chi connectivity index (χ1) is 7.58. The smallest absolute Gasteiger partial charge is 1.00 e. The Balaban J connectivity index is 0.00000144. The van der Waals surface area contributed by atoms with Crippen molar-refractivity contribution in [3.63, 3.8) is 0 Å². The van der Waals surface area contributed by atoms with Crippen LogP contribution in [0.1, 0.15) is 26.7 Å². The summed E-state index contributed by atoms with van der Waals surface area (Å²) in [6.45, 7) is 9.56. The molecule has 2 aliphatic carbocycles. The van der Waals surface area contributed by atoms with E-state index < -0.39 is 20.4 Å². The van der Waals surface area contributed by atoms with Crippen LogP contribution in [0.2, 0.25) is 13.1 Å². The molecule has 0 aromatic rings. The fourth-order valence-electron chi connectivity index (χ4n) is 2.52. The van der Waals surface area contributed by atoms with Gasteiger partial charge in [-0.1, -0.05) is 0 Å². The number of halogens is 2. The fourth-order valence-corrected chi connectivity index (χ4v) is 19.7. The van der Waals surface area contributed by atoms with E-state index in [2.05, 4.69) is 51.2 Å². The van der Waals surface area contributed by atoms with Gasteiger partial charge in [-0.05, 0) is 0 Å². The van der Waals surface area contributed by atoms with Crippen molar-refractivity contribution in [2.75, 3.05) is 0 Å². The van der Waals surface area contributed by atoms with Crippen LogP contribution in [-0.2, 0) is 20.4 Å². The second-order valence-corrected chi connectivity index (χ2v) is 22.4. The van der Waals surface area contributed by atoms with Crippen molar-refractivity contribution in [1.82, 2.24) is 0 Å². The molecule has 0 bridgehead atoms. The van der Waals surface area contributed by atoms with Gasteiger partial charge < -0.3 is 24.8 Å². The summed E-state index contributed by atoms with van der Waals surface area (Å²) in [5, 5.41) is 0. The van der Waals surface area contributed by atoms with E-state index >= 15 is 0 Å². The predicted octanol–water partition coefficient (Wildman–Crippen LogP) is -1.67. The van der Waals surface area contributed by atoms with Gasteiger partial charge in [-0.15, -0.1) is 0 Å². The molecule has 0 nitrogen and oxygen atoms in total. The third-order valence-electron chi connectivity index (χ3n) is 3.23. The van der Waals surface area contributed by atoms with E-state index in [1.165, 1.54) is 24.0 Å². The first-order valence-electron chi connectivity index (χ1n) is 6.01. The minimum Gasteiger partial charge on any atom is -1.00 e. The van der Waals surface area contributed by atoms with Gasteiger partial charge in [0.2, 0.25) is 0 Å². The molecule has 0 saturated carbocycles. The van der Waals surface area contributed by atoms with Crippen LogP contribution in [0.5, 0.6) is 0 Å². The quantitative estimate of drug-likeness (QED) is 0.504. The minimum absolute atomic E-state index is 0. The summed E-state index contributed by atoms with van der Waals surface area (Å²) in [7, 11) is 0. The molecule has 0 radical (unpaired) electrons. The van der Waals surface area contributed by atoms with Crippen molar-refractivity contribution >= 4 is 5.43 Å². The van der Waals surface area contributed by atoms with E-state index in [4.69, 9.17) is 0 Å². The van der Waals surface area contributed by atoms with Crippen LogP contribution < -0.4 is 24.8 Å². The number of allylic oxidation sites excluding steroid dienone is 8. The molecule has 4 heteroatoms. The van der Waals surface area contributed by atoms with Gasteiger partial charge in [-0.2, -0.15) is 0 Å². The number of hydrogen-bond acceptors (Lipinski definition) is 0. The molecular formula is C14H20Cl2SiZr. The maximum Gasteiger partial charge on any atom is -1.00 e. The molecule has 0 N–H and O–H groups in total. The Morgan fingerprint density at radius 1 is 0.889 bits per heavy atom. The van der Waals surface area contributed by atoms with Crippen molar-refractivity contribution < 1.29 is 45.2 Å².